The Morgan fingerprint density at radius 3 is 1.91 bits per heavy atom. The summed E-state index contributed by atoms with van der Waals surface area (Å²) in [4.78, 5) is 24.4. The van der Waals surface area contributed by atoms with Gasteiger partial charge in [-0.15, -0.1) is 0 Å². The molecule has 3 rings (SSSR count). The van der Waals surface area contributed by atoms with Crippen molar-refractivity contribution in [3.63, 3.8) is 0 Å². The van der Waals surface area contributed by atoms with E-state index < -0.39 is 4.92 Å². The minimum absolute atomic E-state index is 0.0737. The summed E-state index contributed by atoms with van der Waals surface area (Å²) in [7, 11) is 0. The molecule has 0 saturated carbocycles. The molecule has 1 saturated heterocycles. The molecule has 112 valence electrons. The van der Waals surface area contributed by atoms with Gasteiger partial charge >= 0.3 is 0 Å². The van der Waals surface area contributed by atoms with Crippen LogP contribution < -0.4 is 0 Å². The summed E-state index contributed by atoms with van der Waals surface area (Å²) in [5.41, 5.74) is 2.59. The fourth-order valence-electron chi connectivity index (χ4n) is 2.68. The van der Waals surface area contributed by atoms with Gasteiger partial charge in [-0.25, -0.2) is 0 Å². The van der Waals surface area contributed by atoms with Gasteiger partial charge in [-0.3, -0.25) is 14.9 Å². The van der Waals surface area contributed by atoms with Crippen molar-refractivity contribution in [2.75, 3.05) is 13.1 Å². The van der Waals surface area contributed by atoms with Crippen LogP contribution in [0.2, 0.25) is 0 Å². The number of carbonyl (C=O) groups is 1. The number of benzene rings is 2. The predicted molar refractivity (Wildman–Crippen MR) is 83.7 cm³/mol. The Labute approximate surface area is 128 Å². The van der Waals surface area contributed by atoms with Crippen molar-refractivity contribution in [2.24, 2.45) is 0 Å². The topological polar surface area (TPSA) is 63.4 Å². The third-order valence-electron chi connectivity index (χ3n) is 3.94. The van der Waals surface area contributed by atoms with Crippen molar-refractivity contribution in [3.05, 3.63) is 64.2 Å². The molecule has 0 N–H and O–H groups in total. The average molecular weight is 296 g/mol. The molecule has 0 radical (unpaired) electrons. The van der Waals surface area contributed by atoms with E-state index in [9.17, 15) is 14.9 Å². The first-order chi connectivity index (χ1) is 10.6. The summed E-state index contributed by atoms with van der Waals surface area (Å²) >= 11 is 0. The lowest BCUT2D eigenvalue weighted by Gasteiger charge is -2.15. The molecule has 5 nitrogen and oxygen atoms in total. The minimum Gasteiger partial charge on any atom is -0.339 e. The fraction of sp³-hybridized carbons (Fsp3) is 0.235. The van der Waals surface area contributed by atoms with Gasteiger partial charge in [0.1, 0.15) is 0 Å². The van der Waals surface area contributed by atoms with Gasteiger partial charge in [0.25, 0.3) is 11.6 Å². The Kier molecular flexibility index (Phi) is 3.87. The molecule has 1 aliphatic rings. The Morgan fingerprint density at radius 2 is 1.41 bits per heavy atom. The van der Waals surface area contributed by atoms with E-state index in [1.807, 2.05) is 29.2 Å². The zero-order valence-electron chi connectivity index (χ0n) is 12.1. The third kappa shape index (κ3) is 2.83. The van der Waals surface area contributed by atoms with Crippen LogP contribution in [0, 0.1) is 10.1 Å². The van der Waals surface area contributed by atoms with Crippen LogP contribution in [-0.2, 0) is 0 Å². The maximum absolute atomic E-state index is 12.3. The van der Waals surface area contributed by atoms with Crippen LogP contribution in [0.1, 0.15) is 23.2 Å². The van der Waals surface area contributed by atoms with Gasteiger partial charge in [-0.1, -0.05) is 12.1 Å². The van der Waals surface area contributed by atoms with Crippen molar-refractivity contribution in [1.29, 1.82) is 0 Å². The zero-order chi connectivity index (χ0) is 15.5. The highest BCUT2D eigenvalue weighted by Gasteiger charge is 2.19. The molecule has 0 unspecified atom stereocenters. The van der Waals surface area contributed by atoms with E-state index in [1.54, 1.807) is 12.1 Å². The fourth-order valence-corrected chi connectivity index (χ4v) is 2.68. The maximum atomic E-state index is 12.3. The van der Waals surface area contributed by atoms with E-state index >= 15 is 0 Å². The molecule has 1 fully saturated rings. The maximum Gasteiger partial charge on any atom is 0.269 e. The van der Waals surface area contributed by atoms with Gasteiger partial charge in [0, 0.05) is 30.8 Å². The summed E-state index contributed by atoms with van der Waals surface area (Å²) in [6, 6.07) is 13.8. The van der Waals surface area contributed by atoms with Gasteiger partial charge in [0.05, 0.1) is 4.92 Å². The molecule has 1 amide bonds. The Morgan fingerprint density at radius 1 is 0.909 bits per heavy atom. The SMILES string of the molecule is O=C(c1ccc(-c2ccc([N+](=O)[O-])cc2)cc1)N1CCCC1. The summed E-state index contributed by atoms with van der Waals surface area (Å²) in [6.07, 6.45) is 2.15. The third-order valence-corrected chi connectivity index (χ3v) is 3.94. The molecule has 2 aromatic rings. The molecule has 0 aliphatic carbocycles. The quantitative estimate of drug-likeness (QED) is 0.643. The van der Waals surface area contributed by atoms with Crippen LogP contribution in [0.4, 0.5) is 5.69 Å². The molecule has 0 spiro atoms. The van der Waals surface area contributed by atoms with Crippen molar-refractivity contribution < 1.29 is 9.72 Å². The number of nitrogens with zero attached hydrogens (tertiary/aromatic N) is 2. The van der Waals surface area contributed by atoms with E-state index in [-0.39, 0.29) is 11.6 Å². The second-order valence-electron chi connectivity index (χ2n) is 5.38. The first-order valence-corrected chi connectivity index (χ1v) is 7.29. The van der Waals surface area contributed by atoms with Crippen LogP contribution in [0.15, 0.2) is 48.5 Å². The summed E-state index contributed by atoms with van der Waals surface area (Å²) in [5.74, 6) is 0.0766. The van der Waals surface area contributed by atoms with Crippen LogP contribution in [0.25, 0.3) is 11.1 Å². The number of nitro groups is 1. The first kappa shape index (κ1) is 14.3. The molecule has 0 atom stereocenters. The molecule has 2 aromatic carbocycles. The lowest BCUT2D eigenvalue weighted by Crippen LogP contribution is -2.27. The molecule has 0 bridgehead atoms. The second kappa shape index (κ2) is 5.97. The van der Waals surface area contributed by atoms with Crippen molar-refractivity contribution in [1.82, 2.24) is 4.90 Å². The van der Waals surface area contributed by atoms with Crippen molar-refractivity contribution >= 4 is 11.6 Å². The monoisotopic (exact) mass is 296 g/mol. The van der Waals surface area contributed by atoms with Gasteiger partial charge in [0.2, 0.25) is 0 Å². The van der Waals surface area contributed by atoms with Gasteiger partial charge in [0.15, 0.2) is 0 Å². The second-order valence-corrected chi connectivity index (χ2v) is 5.38. The minimum atomic E-state index is -0.415. The number of hydrogen-bond donors (Lipinski definition) is 0. The van der Waals surface area contributed by atoms with Crippen molar-refractivity contribution in [2.45, 2.75) is 12.8 Å². The standard InChI is InChI=1S/C17H16N2O3/c20-17(18-11-1-2-12-18)15-5-3-13(4-6-15)14-7-9-16(10-8-14)19(21)22/h3-10H,1-2,11-12H2. The molecule has 22 heavy (non-hydrogen) atoms. The van der Waals surface area contributed by atoms with Crippen molar-refractivity contribution in [3.8, 4) is 11.1 Å². The first-order valence-electron chi connectivity index (χ1n) is 7.29. The van der Waals surface area contributed by atoms with Crippen LogP contribution in [-0.4, -0.2) is 28.8 Å². The van der Waals surface area contributed by atoms with E-state index in [2.05, 4.69) is 0 Å². The van der Waals surface area contributed by atoms with E-state index in [0.29, 0.717) is 5.56 Å². The molecule has 5 heteroatoms. The Balaban J connectivity index is 1.78. The van der Waals surface area contributed by atoms with Gasteiger partial charge < -0.3 is 4.90 Å². The number of non-ortho nitro benzene ring substituents is 1. The number of likely N-dealkylation sites (tertiary alicyclic amines) is 1. The Bertz CT molecular complexity index is 687. The summed E-state index contributed by atoms with van der Waals surface area (Å²) in [5, 5.41) is 10.7. The van der Waals surface area contributed by atoms with E-state index in [1.165, 1.54) is 12.1 Å². The smallest absolute Gasteiger partial charge is 0.269 e. The zero-order valence-corrected chi connectivity index (χ0v) is 12.1. The molecular formula is C17H16N2O3. The number of nitro benzene ring substituents is 1. The highest BCUT2D eigenvalue weighted by Crippen LogP contribution is 2.23. The predicted octanol–water partition coefficient (Wildman–Crippen LogP) is 3.50. The number of carbonyl (C=O) groups excluding carboxylic acids is 1. The van der Waals surface area contributed by atoms with Crippen LogP contribution >= 0.6 is 0 Å². The number of amides is 1. The van der Waals surface area contributed by atoms with Gasteiger partial charge in [-0.2, -0.15) is 0 Å². The summed E-state index contributed by atoms with van der Waals surface area (Å²) < 4.78 is 0. The van der Waals surface area contributed by atoms with Crippen LogP contribution in [0.5, 0.6) is 0 Å². The molecule has 1 aliphatic heterocycles. The molecular weight excluding hydrogens is 280 g/mol. The van der Waals surface area contributed by atoms with E-state index in [0.717, 1.165) is 37.1 Å². The Hall–Kier alpha value is -2.69. The largest absolute Gasteiger partial charge is 0.339 e. The molecule has 1 heterocycles. The summed E-state index contributed by atoms with van der Waals surface area (Å²) in [6.45, 7) is 1.67. The lowest BCUT2D eigenvalue weighted by molar-refractivity contribution is -0.384. The van der Waals surface area contributed by atoms with Gasteiger partial charge in [-0.05, 0) is 48.2 Å². The number of hydrogen-bond acceptors (Lipinski definition) is 3. The highest BCUT2D eigenvalue weighted by molar-refractivity contribution is 5.94. The van der Waals surface area contributed by atoms with E-state index in [4.69, 9.17) is 0 Å². The number of rotatable bonds is 3. The highest BCUT2D eigenvalue weighted by atomic mass is 16.6. The lowest BCUT2D eigenvalue weighted by atomic mass is 10.0. The van der Waals surface area contributed by atoms with Crippen LogP contribution in [0.3, 0.4) is 0 Å². The normalized spacial score (nSPS) is 14.1. The average Bonchev–Trinajstić information content (AvgIpc) is 3.09. The molecule has 0 aromatic heterocycles.